The maximum Gasteiger partial charge on any atom is 0.332 e. The van der Waals surface area contributed by atoms with Crippen molar-refractivity contribution in [3.05, 3.63) is 0 Å². The topological polar surface area (TPSA) is 87.7 Å². The SMILES string of the molecule is CC1CCCC(NC(=O)NC2(C(=O)O)CCOC2)C1. The molecule has 2 aliphatic rings. The van der Waals surface area contributed by atoms with E-state index in [1.54, 1.807) is 0 Å². The summed E-state index contributed by atoms with van der Waals surface area (Å²) in [7, 11) is 0. The fraction of sp³-hybridized carbons (Fsp3) is 0.846. The molecule has 1 aliphatic heterocycles. The van der Waals surface area contributed by atoms with Crippen LogP contribution >= 0.6 is 0 Å². The first-order valence-corrected chi connectivity index (χ1v) is 6.92. The number of carbonyl (C=O) groups is 2. The first-order chi connectivity index (χ1) is 9.02. The van der Waals surface area contributed by atoms with Gasteiger partial charge in [-0.15, -0.1) is 0 Å². The van der Waals surface area contributed by atoms with Crippen LogP contribution in [0.3, 0.4) is 0 Å². The molecule has 3 unspecified atom stereocenters. The van der Waals surface area contributed by atoms with Crippen molar-refractivity contribution in [2.75, 3.05) is 13.2 Å². The molecular formula is C13H22N2O4. The molecule has 2 rings (SSSR count). The lowest BCUT2D eigenvalue weighted by atomic mass is 9.87. The lowest BCUT2D eigenvalue weighted by molar-refractivity contribution is -0.144. The molecule has 2 fully saturated rings. The number of carboxylic acid groups (broad SMARTS) is 1. The highest BCUT2D eigenvalue weighted by molar-refractivity contribution is 5.86. The van der Waals surface area contributed by atoms with E-state index in [0.29, 0.717) is 18.9 Å². The van der Waals surface area contributed by atoms with E-state index in [1.165, 1.54) is 6.42 Å². The largest absolute Gasteiger partial charge is 0.479 e. The van der Waals surface area contributed by atoms with Crippen LogP contribution in [0.25, 0.3) is 0 Å². The lowest BCUT2D eigenvalue weighted by Gasteiger charge is -2.30. The molecule has 1 saturated carbocycles. The van der Waals surface area contributed by atoms with Crippen LogP contribution in [0.1, 0.15) is 39.0 Å². The van der Waals surface area contributed by atoms with Gasteiger partial charge < -0.3 is 20.5 Å². The Hall–Kier alpha value is -1.30. The highest BCUT2D eigenvalue weighted by Gasteiger charge is 2.44. The lowest BCUT2D eigenvalue weighted by Crippen LogP contribution is -2.59. The van der Waals surface area contributed by atoms with E-state index in [-0.39, 0.29) is 12.6 Å². The van der Waals surface area contributed by atoms with Crippen molar-refractivity contribution in [2.45, 2.75) is 50.6 Å². The van der Waals surface area contributed by atoms with Gasteiger partial charge in [-0.25, -0.2) is 9.59 Å². The van der Waals surface area contributed by atoms with Gasteiger partial charge in [0.2, 0.25) is 0 Å². The van der Waals surface area contributed by atoms with Crippen LogP contribution in [0.4, 0.5) is 4.79 Å². The molecule has 0 spiro atoms. The second-order valence-electron chi connectivity index (χ2n) is 5.76. The predicted molar refractivity (Wildman–Crippen MR) is 68.9 cm³/mol. The molecule has 0 bridgehead atoms. The molecule has 108 valence electrons. The first kappa shape index (κ1) is 14.1. The van der Waals surface area contributed by atoms with Crippen molar-refractivity contribution in [3.63, 3.8) is 0 Å². The van der Waals surface area contributed by atoms with Crippen molar-refractivity contribution in [1.29, 1.82) is 0 Å². The summed E-state index contributed by atoms with van der Waals surface area (Å²) in [6.07, 6.45) is 4.56. The molecule has 1 heterocycles. The Morgan fingerprint density at radius 2 is 2.16 bits per heavy atom. The summed E-state index contributed by atoms with van der Waals surface area (Å²) >= 11 is 0. The van der Waals surface area contributed by atoms with E-state index in [1.807, 2.05) is 0 Å². The van der Waals surface area contributed by atoms with Gasteiger partial charge in [-0.1, -0.05) is 19.8 Å². The van der Waals surface area contributed by atoms with Gasteiger partial charge in [-0.3, -0.25) is 0 Å². The van der Waals surface area contributed by atoms with E-state index in [4.69, 9.17) is 4.74 Å². The maximum absolute atomic E-state index is 11.9. The van der Waals surface area contributed by atoms with Crippen molar-refractivity contribution < 1.29 is 19.4 Å². The molecular weight excluding hydrogens is 248 g/mol. The number of ether oxygens (including phenoxy) is 1. The minimum Gasteiger partial charge on any atom is -0.479 e. The Morgan fingerprint density at radius 1 is 1.37 bits per heavy atom. The number of carbonyl (C=O) groups excluding carboxylic acids is 1. The quantitative estimate of drug-likeness (QED) is 0.717. The number of carboxylic acids is 1. The van der Waals surface area contributed by atoms with Crippen LogP contribution in [0.2, 0.25) is 0 Å². The van der Waals surface area contributed by atoms with Crippen molar-refractivity contribution in [2.24, 2.45) is 5.92 Å². The van der Waals surface area contributed by atoms with Gasteiger partial charge in [0.05, 0.1) is 6.61 Å². The van der Waals surface area contributed by atoms with Crippen molar-refractivity contribution in [3.8, 4) is 0 Å². The summed E-state index contributed by atoms with van der Waals surface area (Å²) in [4.78, 5) is 23.2. The molecule has 19 heavy (non-hydrogen) atoms. The van der Waals surface area contributed by atoms with Crippen molar-refractivity contribution in [1.82, 2.24) is 10.6 Å². The number of urea groups is 1. The summed E-state index contributed by atoms with van der Waals surface area (Å²) < 4.78 is 5.11. The zero-order valence-corrected chi connectivity index (χ0v) is 11.3. The Morgan fingerprint density at radius 3 is 2.74 bits per heavy atom. The second-order valence-corrected chi connectivity index (χ2v) is 5.76. The molecule has 0 aromatic heterocycles. The number of hydrogen-bond acceptors (Lipinski definition) is 3. The van der Waals surface area contributed by atoms with Gasteiger partial charge in [-0.2, -0.15) is 0 Å². The van der Waals surface area contributed by atoms with Crippen LogP contribution in [0, 0.1) is 5.92 Å². The molecule has 0 aromatic rings. The standard InChI is InChI=1S/C13H22N2O4/c1-9-3-2-4-10(7-9)14-12(18)15-13(11(16)17)5-6-19-8-13/h9-10H,2-8H2,1H3,(H,16,17)(H2,14,15,18). The van der Waals surface area contributed by atoms with E-state index < -0.39 is 17.5 Å². The molecule has 0 radical (unpaired) electrons. The molecule has 3 N–H and O–H groups in total. The van der Waals surface area contributed by atoms with Gasteiger partial charge in [0.1, 0.15) is 0 Å². The summed E-state index contributed by atoms with van der Waals surface area (Å²) in [5.41, 5.74) is -1.26. The van der Waals surface area contributed by atoms with Crippen LogP contribution in [-0.2, 0) is 9.53 Å². The Bertz CT molecular complexity index is 353. The minimum atomic E-state index is -1.26. The number of rotatable bonds is 3. The van der Waals surface area contributed by atoms with E-state index >= 15 is 0 Å². The minimum absolute atomic E-state index is 0.0385. The fourth-order valence-corrected chi connectivity index (χ4v) is 2.89. The molecule has 1 saturated heterocycles. The monoisotopic (exact) mass is 270 g/mol. The molecule has 6 heteroatoms. The Kier molecular flexibility index (Phi) is 4.29. The molecule has 2 amide bonds. The third kappa shape index (κ3) is 3.37. The van der Waals surface area contributed by atoms with Crippen LogP contribution in [0.5, 0.6) is 0 Å². The molecule has 1 aliphatic carbocycles. The first-order valence-electron chi connectivity index (χ1n) is 6.92. The predicted octanol–water partition coefficient (Wildman–Crippen LogP) is 1.11. The summed E-state index contributed by atoms with van der Waals surface area (Å²) in [6.45, 7) is 2.58. The Labute approximate surface area is 112 Å². The highest BCUT2D eigenvalue weighted by atomic mass is 16.5. The van der Waals surface area contributed by atoms with E-state index in [9.17, 15) is 14.7 Å². The van der Waals surface area contributed by atoms with Crippen LogP contribution in [0.15, 0.2) is 0 Å². The average Bonchev–Trinajstić information content (AvgIpc) is 2.78. The van der Waals surface area contributed by atoms with Crippen LogP contribution in [-0.4, -0.2) is 41.9 Å². The van der Waals surface area contributed by atoms with Crippen LogP contribution < -0.4 is 10.6 Å². The summed E-state index contributed by atoms with van der Waals surface area (Å²) in [6, 6.07) is -0.246. The molecule has 3 atom stereocenters. The zero-order valence-electron chi connectivity index (χ0n) is 11.3. The Balaban J connectivity index is 1.87. The normalized spacial score (nSPS) is 34.8. The van der Waals surface area contributed by atoms with E-state index in [2.05, 4.69) is 17.6 Å². The average molecular weight is 270 g/mol. The fourth-order valence-electron chi connectivity index (χ4n) is 2.89. The zero-order chi connectivity index (χ0) is 13.9. The van der Waals surface area contributed by atoms with Gasteiger partial charge >= 0.3 is 12.0 Å². The number of aliphatic carboxylic acids is 1. The highest BCUT2D eigenvalue weighted by Crippen LogP contribution is 2.24. The van der Waals surface area contributed by atoms with Gasteiger partial charge in [-0.05, 0) is 18.8 Å². The third-order valence-corrected chi connectivity index (χ3v) is 4.06. The molecule has 0 aromatic carbocycles. The van der Waals surface area contributed by atoms with Crippen molar-refractivity contribution >= 4 is 12.0 Å². The smallest absolute Gasteiger partial charge is 0.332 e. The van der Waals surface area contributed by atoms with E-state index in [0.717, 1.165) is 19.3 Å². The second kappa shape index (κ2) is 5.77. The maximum atomic E-state index is 11.9. The van der Waals surface area contributed by atoms with Gasteiger partial charge in [0.15, 0.2) is 5.54 Å². The summed E-state index contributed by atoms with van der Waals surface area (Å²) in [5.74, 6) is -0.417. The summed E-state index contributed by atoms with van der Waals surface area (Å²) in [5, 5.41) is 14.7. The number of nitrogens with one attached hydrogen (secondary N) is 2. The molecule has 6 nitrogen and oxygen atoms in total. The number of amides is 2. The third-order valence-electron chi connectivity index (χ3n) is 4.06. The van der Waals surface area contributed by atoms with Gasteiger partial charge in [0, 0.05) is 19.1 Å². The number of hydrogen-bond donors (Lipinski definition) is 3. The van der Waals surface area contributed by atoms with Gasteiger partial charge in [0.25, 0.3) is 0 Å².